The Hall–Kier alpha value is -1.32. The lowest BCUT2D eigenvalue weighted by atomic mass is 9.94. The van der Waals surface area contributed by atoms with Crippen LogP contribution in [0.1, 0.15) is 37.7 Å². The van der Waals surface area contributed by atoms with Crippen LogP contribution < -0.4 is 4.90 Å². The second-order valence-electron chi connectivity index (χ2n) is 6.02. The zero-order valence-corrected chi connectivity index (χ0v) is 14.0. The Labute approximate surface area is 136 Å². The fourth-order valence-corrected chi connectivity index (χ4v) is 3.86. The molecule has 1 saturated heterocycles. The van der Waals surface area contributed by atoms with Crippen LogP contribution in [0.15, 0.2) is 11.4 Å². The second-order valence-corrected chi connectivity index (χ2v) is 6.79. The quantitative estimate of drug-likeness (QED) is 0.631. The van der Waals surface area contributed by atoms with Crippen LogP contribution in [0.2, 0.25) is 0 Å². The van der Waals surface area contributed by atoms with Gasteiger partial charge in [0.2, 0.25) is 0 Å². The summed E-state index contributed by atoms with van der Waals surface area (Å²) in [7, 11) is 0. The van der Waals surface area contributed by atoms with Crippen molar-refractivity contribution >= 4 is 17.6 Å². The lowest BCUT2D eigenvalue weighted by Gasteiger charge is -2.41. The zero-order valence-electron chi connectivity index (χ0n) is 13.2. The first-order valence-corrected chi connectivity index (χ1v) is 9.34. The van der Waals surface area contributed by atoms with E-state index in [9.17, 15) is 5.26 Å². The zero-order chi connectivity index (χ0) is 15.4. The van der Waals surface area contributed by atoms with Crippen LogP contribution in [0.3, 0.4) is 0 Å². The highest BCUT2D eigenvalue weighted by Crippen LogP contribution is 2.26. The number of piperazine rings is 1. The summed E-state index contributed by atoms with van der Waals surface area (Å²) in [6, 6.07) is 3.01. The topological polar surface area (TPSA) is 56.1 Å². The van der Waals surface area contributed by atoms with Crippen molar-refractivity contribution in [1.29, 1.82) is 5.26 Å². The Morgan fingerprint density at radius 3 is 2.55 bits per heavy atom. The third-order valence-electron chi connectivity index (χ3n) is 4.75. The standard InChI is InChI=1S/C16H23N5S/c1-22-16-18-12-13(11-17)15(19-16)21-9-7-20(8-10-21)14-5-3-2-4-6-14/h12,14H,2-10H2,1H3. The second kappa shape index (κ2) is 7.30. The summed E-state index contributed by atoms with van der Waals surface area (Å²) in [5.41, 5.74) is 0.587. The third-order valence-corrected chi connectivity index (χ3v) is 5.32. The van der Waals surface area contributed by atoms with E-state index < -0.39 is 0 Å². The van der Waals surface area contributed by atoms with E-state index in [-0.39, 0.29) is 0 Å². The van der Waals surface area contributed by atoms with Crippen molar-refractivity contribution < 1.29 is 0 Å². The number of thioether (sulfide) groups is 1. The number of rotatable bonds is 3. The Morgan fingerprint density at radius 1 is 1.18 bits per heavy atom. The molecule has 6 heteroatoms. The van der Waals surface area contributed by atoms with E-state index in [1.165, 1.54) is 43.9 Å². The predicted molar refractivity (Wildman–Crippen MR) is 89.2 cm³/mol. The minimum absolute atomic E-state index is 0.587. The molecule has 0 bridgehead atoms. The molecule has 0 aromatic carbocycles. The van der Waals surface area contributed by atoms with Crippen molar-refractivity contribution in [3.8, 4) is 6.07 Å². The molecule has 2 heterocycles. The Kier molecular flexibility index (Phi) is 5.16. The predicted octanol–water partition coefficient (Wildman–Crippen LogP) is 2.52. The number of hydrogen-bond acceptors (Lipinski definition) is 6. The van der Waals surface area contributed by atoms with Crippen LogP contribution >= 0.6 is 11.8 Å². The normalized spacial score (nSPS) is 20.8. The molecular weight excluding hydrogens is 294 g/mol. The highest BCUT2D eigenvalue weighted by Gasteiger charge is 2.26. The van der Waals surface area contributed by atoms with Gasteiger partial charge in [-0.3, -0.25) is 4.90 Å². The van der Waals surface area contributed by atoms with E-state index in [2.05, 4.69) is 25.8 Å². The van der Waals surface area contributed by atoms with Gasteiger partial charge in [-0.05, 0) is 19.1 Å². The van der Waals surface area contributed by atoms with Crippen LogP contribution in [0, 0.1) is 11.3 Å². The molecule has 0 amide bonds. The van der Waals surface area contributed by atoms with Crippen LogP contribution in [0.5, 0.6) is 0 Å². The summed E-state index contributed by atoms with van der Waals surface area (Å²) in [4.78, 5) is 13.7. The highest BCUT2D eigenvalue weighted by atomic mass is 32.2. The van der Waals surface area contributed by atoms with Crippen LogP contribution in [-0.4, -0.2) is 53.3 Å². The van der Waals surface area contributed by atoms with Crippen molar-refractivity contribution in [3.05, 3.63) is 11.8 Å². The van der Waals surface area contributed by atoms with E-state index in [1.807, 2.05) is 6.26 Å². The SMILES string of the molecule is CSc1ncc(C#N)c(N2CCN(C3CCCCC3)CC2)n1. The van der Waals surface area contributed by atoms with Crippen molar-refractivity contribution in [1.82, 2.24) is 14.9 Å². The molecule has 5 nitrogen and oxygen atoms in total. The molecule has 0 radical (unpaired) electrons. The van der Waals surface area contributed by atoms with E-state index in [0.717, 1.165) is 43.2 Å². The lowest BCUT2D eigenvalue weighted by Crippen LogP contribution is -2.51. The maximum Gasteiger partial charge on any atom is 0.189 e. The van der Waals surface area contributed by atoms with E-state index in [4.69, 9.17) is 0 Å². The van der Waals surface area contributed by atoms with Gasteiger partial charge in [0.05, 0.1) is 6.20 Å². The van der Waals surface area contributed by atoms with E-state index >= 15 is 0 Å². The van der Waals surface area contributed by atoms with Crippen molar-refractivity contribution in [2.75, 3.05) is 37.3 Å². The summed E-state index contributed by atoms with van der Waals surface area (Å²) in [6.07, 6.45) is 10.5. The smallest absolute Gasteiger partial charge is 0.189 e. The minimum Gasteiger partial charge on any atom is -0.353 e. The fourth-order valence-electron chi connectivity index (χ4n) is 3.52. The maximum atomic E-state index is 9.29. The highest BCUT2D eigenvalue weighted by molar-refractivity contribution is 7.98. The van der Waals surface area contributed by atoms with Crippen LogP contribution in [0.25, 0.3) is 0 Å². The van der Waals surface area contributed by atoms with Crippen LogP contribution in [-0.2, 0) is 0 Å². The van der Waals surface area contributed by atoms with Gasteiger partial charge >= 0.3 is 0 Å². The molecule has 3 rings (SSSR count). The van der Waals surface area contributed by atoms with Gasteiger partial charge in [0.15, 0.2) is 11.0 Å². The van der Waals surface area contributed by atoms with Gasteiger partial charge in [-0.2, -0.15) is 5.26 Å². The van der Waals surface area contributed by atoms with Gasteiger partial charge in [-0.15, -0.1) is 0 Å². The summed E-state index contributed by atoms with van der Waals surface area (Å²) in [6.45, 7) is 4.06. The van der Waals surface area contributed by atoms with Gasteiger partial charge in [0, 0.05) is 32.2 Å². The van der Waals surface area contributed by atoms with Gasteiger partial charge in [0.25, 0.3) is 0 Å². The molecule has 1 aliphatic heterocycles. The fraction of sp³-hybridized carbons (Fsp3) is 0.688. The van der Waals surface area contributed by atoms with Crippen molar-refractivity contribution in [2.24, 2.45) is 0 Å². The molecule has 0 N–H and O–H groups in total. The first kappa shape index (κ1) is 15.6. The molecule has 0 atom stereocenters. The number of anilines is 1. The first-order chi connectivity index (χ1) is 10.8. The molecule has 2 aliphatic rings. The molecule has 0 unspecified atom stereocenters. The third kappa shape index (κ3) is 3.36. The summed E-state index contributed by atoms with van der Waals surface area (Å²) < 4.78 is 0. The number of nitriles is 1. The van der Waals surface area contributed by atoms with Crippen molar-refractivity contribution in [3.63, 3.8) is 0 Å². The molecule has 118 valence electrons. The van der Waals surface area contributed by atoms with Gasteiger partial charge in [0.1, 0.15) is 11.6 Å². The number of nitrogens with zero attached hydrogens (tertiary/aromatic N) is 5. The monoisotopic (exact) mass is 317 g/mol. The van der Waals surface area contributed by atoms with Crippen LogP contribution in [0.4, 0.5) is 5.82 Å². The molecular formula is C16H23N5S. The number of aromatic nitrogens is 2. The first-order valence-electron chi connectivity index (χ1n) is 8.12. The lowest BCUT2D eigenvalue weighted by molar-refractivity contribution is 0.147. The summed E-state index contributed by atoms with van der Waals surface area (Å²) >= 11 is 1.52. The summed E-state index contributed by atoms with van der Waals surface area (Å²) in [5.74, 6) is 0.810. The largest absolute Gasteiger partial charge is 0.353 e. The molecule has 1 aromatic rings. The molecule has 0 spiro atoms. The van der Waals surface area contributed by atoms with Gasteiger partial charge in [-0.25, -0.2) is 9.97 Å². The molecule has 2 fully saturated rings. The van der Waals surface area contributed by atoms with E-state index in [0.29, 0.717) is 5.56 Å². The molecule has 1 saturated carbocycles. The summed E-state index contributed by atoms with van der Waals surface area (Å²) in [5, 5.41) is 10.0. The Morgan fingerprint density at radius 2 is 1.91 bits per heavy atom. The molecule has 1 aromatic heterocycles. The molecule has 22 heavy (non-hydrogen) atoms. The average Bonchev–Trinajstić information content (AvgIpc) is 2.62. The Bertz CT molecular complexity index is 542. The van der Waals surface area contributed by atoms with Gasteiger partial charge < -0.3 is 4.90 Å². The van der Waals surface area contributed by atoms with E-state index in [1.54, 1.807) is 6.20 Å². The van der Waals surface area contributed by atoms with Crippen molar-refractivity contribution in [2.45, 2.75) is 43.3 Å². The average molecular weight is 317 g/mol. The maximum absolute atomic E-state index is 9.29. The van der Waals surface area contributed by atoms with Gasteiger partial charge in [-0.1, -0.05) is 31.0 Å². The number of hydrogen-bond donors (Lipinski definition) is 0. The minimum atomic E-state index is 0.587. The molecule has 1 aliphatic carbocycles. The Balaban J connectivity index is 1.67.